The third-order valence-electron chi connectivity index (χ3n) is 2.41. The Morgan fingerprint density at radius 2 is 2.23 bits per heavy atom. The van der Waals surface area contributed by atoms with E-state index >= 15 is 0 Å². The van der Waals surface area contributed by atoms with Gasteiger partial charge in [-0.25, -0.2) is 0 Å². The van der Waals surface area contributed by atoms with Crippen LogP contribution in [0.25, 0.3) is 0 Å². The van der Waals surface area contributed by atoms with E-state index in [9.17, 15) is 4.79 Å². The van der Waals surface area contributed by atoms with Crippen LogP contribution in [-0.2, 0) is 11.2 Å². The molecule has 13 heavy (non-hydrogen) atoms. The standard InChI is InChI=1S/C11H12NO/c1-8-7-10-5-3-4-6-11(10)12(8)9(2)13/h3-6,8H,1,7H2,2H3/t8-/m0/s1. The van der Waals surface area contributed by atoms with Crippen molar-refractivity contribution in [3.8, 4) is 0 Å². The molecule has 0 spiro atoms. The minimum Gasteiger partial charge on any atom is -0.309 e. The van der Waals surface area contributed by atoms with Gasteiger partial charge >= 0.3 is 0 Å². The molecule has 1 heterocycles. The molecule has 0 saturated carbocycles. The quantitative estimate of drug-likeness (QED) is 0.587. The minimum absolute atomic E-state index is 0.0647. The van der Waals surface area contributed by atoms with E-state index in [1.54, 1.807) is 11.8 Å². The molecule has 67 valence electrons. The number of nitrogens with zero attached hydrogens (tertiary/aromatic N) is 1. The van der Waals surface area contributed by atoms with E-state index in [1.807, 2.05) is 18.2 Å². The summed E-state index contributed by atoms with van der Waals surface area (Å²) in [6.07, 6.45) is 0.871. The Labute approximate surface area is 78.2 Å². The Kier molecular flexibility index (Phi) is 1.83. The second kappa shape index (κ2) is 2.87. The fourth-order valence-electron chi connectivity index (χ4n) is 1.89. The summed E-state index contributed by atoms with van der Waals surface area (Å²) in [7, 11) is 0. The highest BCUT2D eigenvalue weighted by atomic mass is 16.2. The van der Waals surface area contributed by atoms with Crippen LogP contribution in [0.3, 0.4) is 0 Å². The molecule has 0 bridgehead atoms. The van der Waals surface area contributed by atoms with Crippen molar-refractivity contribution < 1.29 is 4.79 Å². The highest BCUT2D eigenvalue weighted by Crippen LogP contribution is 2.31. The molecule has 1 aliphatic rings. The van der Waals surface area contributed by atoms with Gasteiger partial charge in [-0.2, -0.15) is 0 Å². The fraction of sp³-hybridized carbons (Fsp3) is 0.273. The van der Waals surface area contributed by atoms with Crippen molar-refractivity contribution >= 4 is 11.6 Å². The van der Waals surface area contributed by atoms with E-state index in [0.717, 1.165) is 12.1 Å². The van der Waals surface area contributed by atoms with Gasteiger partial charge in [0, 0.05) is 18.7 Å². The Balaban J connectivity index is 2.46. The molecule has 2 heteroatoms. The smallest absolute Gasteiger partial charge is 0.224 e. The molecule has 2 nitrogen and oxygen atoms in total. The van der Waals surface area contributed by atoms with Gasteiger partial charge in [-0.15, -0.1) is 0 Å². The number of fused-ring (bicyclic) bond motifs is 1. The number of amides is 1. The van der Waals surface area contributed by atoms with Gasteiger partial charge in [-0.1, -0.05) is 18.2 Å². The maximum absolute atomic E-state index is 11.3. The molecule has 1 aliphatic heterocycles. The van der Waals surface area contributed by atoms with Crippen molar-refractivity contribution in [2.24, 2.45) is 0 Å². The maximum atomic E-state index is 11.3. The maximum Gasteiger partial charge on any atom is 0.224 e. The van der Waals surface area contributed by atoms with Crippen molar-refractivity contribution in [1.29, 1.82) is 0 Å². The predicted octanol–water partition coefficient (Wildman–Crippen LogP) is 1.80. The largest absolute Gasteiger partial charge is 0.309 e. The number of anilines is 1. The van der Waals surface area contributed by atoms with E-state index in [1.165, 1.54) is 5.56 Å². The van der Waals surface area contributed by atoms with Gasteiger partial charge in [-0.3, -0.25) is 4.79 Å². The molecule has 0 N–H and O–H groups in total. The summed E-state index contributed by atoms with van der Waals surface area (Å²) in [4.78, 5) is 13.1. The summed E-state index contributed by atoms with van der Waals surface area (Å²) in [5.74, 6) is 0.0740. The molecule has 1 radical (unpaired) electrons. The van der Waals surface area contributed by atoms with Crippen LogP contribution in [0.1, 0.15) is 12.5 Å². The summed E-state index contributed by atoms with van der Waals surface area (Å²) in [6, 6.07) is 8.04. The second-order valence-corrected chi connectivity index (χ2v) is 3.38. The van der Waals surface area contributed by atoms with E-state index in [4.69, 9.17) is 0 Å². The molecule has 0 unspecified atom stereocenters. The summed E-state index contributed by atoms with van der Waals surface area (Å²) in [5.41, 5.74) is 2.24. The highest BCUT2D eigenvalue weighted by molar-refractivity contribution is 5.94. The number of carbonyl (C=O) groups is 1. The zero-order valence-corrected chi connectivity index (χ0v) is 7.66. The monoisotopic (exact) mass is 174 g/mol. The molecule has 0 aliphatic carbocycles. The summed E-state index contributed by atoms with van der Waals surface area (Å²) >= 11 is 0. The fourth-order valence-corrected chi connectivity index (χ4v) is 1.89. The van der Waals surface area contributed by atoms with Gasteiger partial charge in [0.25, 0.3) is 0 Å². The van der Waals surface area contributed by atoms with Gasteiger partial charge in [0.1, 0.15) is 0 Å². The van der Waals surface area contributed by atoms with Crippen molar-refractivity contribution in [3.05, 3.63) is 36.8 Å². The zero-order valence-electron chi connectivity index (χ0n) is 7.66. The Hall–Kier alpha value is -1.31. The SMILES string of the molecule is [CH2][C@H]1Cc2ccccc2N1C(C)=O. The predicted molar refractivity (Wildman–Crippen MR) is 52.5 cm³/mol. The first-order valence-electron chi connectivity index (χ1n) is 4.41. The normalized spacial score (nSPS) is 20.2. The minimum atomic E-state index is 0.0647. The number of hydrogen-bond donors (Lipinski definition) is 0. The van der Waals surface area contributed by atoms with Crippen LogP contribution in [0.4, 0.5) is 5.69 Å². The van der Waals surface area contributed by atoms with Gasteiger partial charge in [0.2, 0.25) is 5.91 Å². The molecule has 1 atom stereocenters. The lowest BCUT2D eigenvalue weighted by Crippen LogP contribution is -2.33. The average Bonchev–Trinajstić information content (AvgIpc) is 2.39. The second-order valence-electron chi connectivity index (χ2n) is 3.38. The molecular weight excluding hydrogens is 162 g/mol. The van der Waals surface area contributed by atoms with Gasteiger partial charge in [0.05, 0.1) is 0 Å². The molecule has 1 aromatic carbocycles. The number of benzene rings is 1. The van der Waals surface area contributed by atoms with Gasteiger partial charge < -0.3 is 4.90 Å². The molecular formula is C11H12NO. The van der Waals surface area contributed by atoms with Crippen molar-refractivity contribution in [2.45, 2.75) is 19.4 Å². The molecule has 1 amide bonds. The first-order chi connectivity index (χ1) is 6.20. The van der Waals surface area contributed by atoms with Gasteiger partial charge in [0.15, 0.2) is 0 Å². The highest BCUT2D eigenvalue weighted by Gasteiger charge is 2.27. The third-order valence-corrected chi connectivity index (χ3v) is 2.41. The number of para-hydroxylation sites is 1. The lowest BCUT2D eigenvalue weighted by Gasteiger charge is -2.20. The Morgan fingerprint density at radius 1 is 1.54 bits per heavy atom. The molecule has 1 aromatic rings. The van der Waals surface area contributed by atoms with Crippen LogP contribution in [0.5, 0.6) is 0 Å². The van der Waals surface area contributed by atoms with Crippen LogP contribution in [0.2, 0.25) is 0 Å². The average molecular weight is 174 g/mol. The lowest BCUT2D eigenvalue weighted by molar-refractivity contribution is -0.116. The number of carbonyl (C=O) groups excluding carboxylic acids is 1. The zero-order chi connectivity index (χ0) is 9.42. The van der Waals surface area contributed by atoms with E-state index in [0.29, 0.717) is 0 Å². The summed E-state index contributed by atoms with van der Waals surface area (Å²) in [5, 5.41) is 0. The molecule has 0 aromatic heterocycles. The van der Waals surface area contributed by atoms with E-state index in [2.05, 4.69) is 13.0 Å². The van der Waals surface area contributed by atoms with Crippen molar-refractivity contribution in [1.82, 2.24) is 0 Å². The Morgan fingerprint density at radius 3 is 2.92 bits per heavy atom. The molecule has 0 saturated heterocycles. The Bertz CT molecular complexity index is 346. The van der Waals surface area contributed by atoms with Crippen LogP contribution in [-0.4, -0.2) is 11.9 Å². The van der Waals surface area contributed by atoms with E-state index < -0.39 is 0 Å². The summed E-state index contributed by atoms with van der Waals surface area (Å²) in [6.45, 7) is 5.54. The van der Waals surface area contributed by atoms with Crippen molar-refractivity contribution in [2.75, 3.05) is 4.90 Å². The van der Waals surface area contributed by atoms with Crippen LogP contribution >= 0.6 is 0 Å². The van der Waals surface area contributed by atoms with Gasteiger partial charge in [-0.05, 0) is 25.0 Å². The topological polar surface area (TPSA) is 20.3 Å². The number of hydrogen-bond acceptors (Lipinski definition) is 1. The lowest BCUT2D eigenvalue weighted by atomic mass is 10.1. The number of rotatable bonds is 0. The van der Waals surface area contributed by atoms with Crippen LogP contribution in [0.15, 0.2) is 24.3 Å². The van der Waals surface area contributed by atoms with E-state index in [-0.39, 0.29) is 11.9 Å². The first kappa shape index (κ1) is 8.30. The first-order valence-corrected chi connectivity index (χ1v) is 4.41. The van der Waals surface area contributed by atoms with Crippen LogP contribution < -0.4 is 4.90 Å². The van der Waals surface area contributed by atoms with Crippen LogP contribution in [0, 0.1) is 6.92 Å². The summed E-state index contributed by atoms with van der Waals surface area (Å²) < 4.78 is 0. The molecule has 0 fully saturated rings. The van der Waals surface area contributed by atoms with Crippen molar-refractivity contribution in [3.63, 3.8) is 0 Å². The molecule has 2 rings (SSSR count). The third kappa shape index (κ3) is 1.22.